The van der Waals surface area contributed by atoms with Gasteiger partial charge in [0.2, 0.25) is 0 Å². The van der Waals surface area contributed by atoms with E-state index in [1.54, 1.807) is 0 Å². The minimum atomic E-state index is -1.59. The van der Waals surface area contributed by atoms with E-state index in [0.29, 0.717) is 0 Å². The van der Waals surface area contributed by atoms with Crippen LogP contribution >= 0.6 is 11.6 Å². The van der Waals surface area contributed by atoms with E-state index >= 15 is 0 Å². The van der Waals surface area contributed by atoms with E-state index in [1.165, 1.54) is 6.92 Å². The maximum absolute atomic E-state index is 10.7. The Labute approximate surface area is 88.9 Å². The minimum absolute atomic E-state index is 0.169. The van der Waals surface area contributed by atoms with Crippen molar-refractivity contribution in [1.29, 1.82) is 0 Å². The van der Waals surface area contributed by atoms with Gasteiger partial charge in [-0.2, -0.15) is 0 Å². The lowest BCUT2D eigenvalue weighted by Gasteiger charge is -2.05. The van der Waals surface area contributed by atoms with Crippen LogP contribution in [0.25, 0.3) is 0 Å². The third kappa shape index (κ3) is 1.84. The summed E-state index contributed by atoms with van der Waals surface area (Å²) in [7, 11) is 0. The summed E-state index contributed by atoms with van der Waals surface area (Å²) in [4.78, 5) is 20.3. The topological polar surface area (TPSA) is 101 Å². The van der Waals surface area contributed by atoms with Crippen LogP contribution in [0.5, 0.6) is 5.75 Å². The molecule has 0 aromatic heterocycles. The second kappa shape index (κ2) is 3.74. The van der Waals surface area contributed by atoms with Gasteiger partial charge in [-0.1, -0.05) is 11.6 Å². The van der Waals surface area contributed by atoms with Crippen molar-refractivity contribution < 1.29 is 19.9 Å². The van der Waals surface area contributed by atoms with Crippen LogP contribution in [0.2, 0.25) is 5.02 Å². The van der Waals surface area contributed by atoms with Crippen molar-refractivity contribution >= 4 is 23.3 Å². The van der Waals surface area contributed by atoms with Gasteiger partial charge in [0.1, 0.15) is 10.8 Å². The Kier molecular flexibility index (Phi) is 2.81. The zero-order valence-electron chi connectivity index (χ0n) is 7.52. The summed E-state index contributed by atoms with van der Waals surface area (Å²) in [5.74, 6) is -2.23. The average Bonchev–Trinajstić information content (AvgIpc) is 2.09. The van der Waals surface area contributed by atoms with Crippen LogP contribution in [0.15, 0.2) is 6.07 Å². The molecule has 0 saturated heterocycles. The maximum Gasteiger partial charge on any atom is 0.346 e. The van der Waals surface area contributed by atoms with Crippen LogP contribution in [0.4, 0.5) is 5.69 Å². The first-order chi connectivity index (χ1) is 6.86. The normalized spacial score (nSPS) is 10.0. The molecular formula is C8H6ClNO5. The van der Waals surface area contributed by atoms with E-state index in [0.717, 1.165) is 6.07 Å². The molecule has 0 bridgehead atoms. The van der Waals surface area contributed by atoms with Crippen molar-refractivity contribution in [3.63, 3.8) is 0 Å². The minimum Gasteiger partial charge on any atom is -0.506 e. The van der Waals surface area contributed by atoms with Gasteiger partial charge in [0, 0.05) is 0 Å². The molecule has 1 rings (SSSR count). The first-order valence-electron chi connectivity index (χ1n) is 3.76. The maximum atomic E-state index is 10.7. The van der Waals surface area contributed by atoms with Gasteiger partial charge in [-0.05, 0) is 18.6 Å². The molecule has 0 amide bonds. The Bertz CT molecular complexity index is 457. The number of aryl methyl sites for hydroxylation is 1. The summed E-state index contributed by atoms with van der Waals surface area (Å²) in [6.07, 6.45) is 0. The molecule has 0 fully saturated rings. The lowest BCUT2D eigenvalue weighted by molar-refractivity contribution is -0.385. The van der Waals surface area contributed by atoms with Gasteiger partial charge in [0.05, 0.1) is 4.92 Å². The van der Waals surface area contributed by atoms with E-state index in [9.17, 15) is 20.0 Å². The zero-order chi connectivity index (χ0) is 11.7. The first kappa shape index (κ1) is 11.3. The number of aromatic hydroxyl groups is 1. The van der Waals surface area contributed by atoms with Crippen molar-refractivity contribution in [2.45, 2.75) is 6.92 Å². The Hall–Kier alpha value is -1.82. The summed E-state index contributed by atoms with van der Waals surface area (Å²) in [5, 5.41) is 28.3. The van der Waals surface area contributed by atoms with E-state index in [2.05, 4.69) is 0 Å². The zero-order valence-corrected chi connectivity index (χ0v) is 8.28. The Morgan fingerprint density at radius 1 is 1.60 bits per heavy atom. The summed E-state index contributed by atoms with van der Waals surface area (Å²) in [5.41, 5.74) is -1.42. The number of benzene rings is 1. The quantitative estimate of drug-likeness (QED) is 0.598. The van der Waals surface area contributed by atoms with Crippen molar-refractivity contribution in [1.82, 2.24) is 0 Å². The van der Waals surface area contributed by atoms with Crippen LogP contribution < -0.4 is 0 Å². The molecule has 0 aliphatic heterocycles. The first-order valence-corrected chi connectivity index (χ1v) is 4.13. The fourth-order valence-electron chi connectivity index (χ4n) is 1.14. The number of carboxylic acids is 1. The highest BCUT2D eigenvalue weighted by atomic mass is 35.5. The molecule has 0 heterocycles. The molecular weight excluding hydrogens is 226 g/mol. The molecule has 0 unspecified atom stereocenters. The number of phenols is 1. The largest absolute Gasteiger partial charge is 0.506 e. The predicted octanol–water partition coefficient (Wildman–Crippen LogP) is 1.96. The highest BCUT2D eigenvalue weighted by Crippen LogP contribution is 2.37. The molecule has 2 N–H and O–H groups in total. The number of nitro benzene ring substituents is 1. The Morgan fingerprint density at radius 3 is 2.53 bits per heavy atom. The SMILES string of the molecule is Cc1cc(Cl)c([N+](=O)[O-])c(C(=O)O)c1O. The molecule has 0 aliphatic rings. The highest BCUT2D eigenvalue weighted by Gasteiger charge is 2.29. The van der Waals surface area contributed by atoms with Gasteiger partial charge in [0.25, 0.3) is 0 Å². The van der Waals surface area contributed by atoms with E-state index in [4.69, 9.17) is 16.7 Å². The second-order valence-electron chi connectivity index (χ2n) is 2.81. The van der Waals surface area contributed by atoms with E-state index in [1.807, 2.05) is 0 Å². The lowest BCUT2D eigenvalue weighted by Crippen LogP contribution is -2.04. The van der Waals surface area contributed by atoms with Crippen molar-refractivity contribution in [2.75, 3.05) is 0 Å². The van der Waals surface area contributed by atoms with Gasteiger partial charge in [0.15, 0.2) is 5.56 Å². The summed E-state index contributed by atoms with van der Waals surface area (Å²) < 4.78 is 0. The summed E-state index contributed by atoms with van der Waals surface area (Å²) in [6, 6.07) is 1.14. The number of carbonyl (C=O) groups is 1. The van der Waals surface area contributed by atoms with Gasteiger partial charge >= 0.3 is 11.7 Å². The molecule has 0 saturated carbocycles. The van der Waals surface area contributed by atoms with Crippen molar-refractivity contribution in [3.05, 3.63) is 32.3 Å². The number of aromatic carboxylic acids is 1. The van der Waals surface area contributed by atoms with Gasteiger partial charge in [-0.25, -0.2) is 4.79 Å². The van der Waals surface area contributed by atoms with Crippen LogP contribution in [0.3, 0.4) is 0 Å². The van der Waals surface area contributed by atoms with Gasteiger partial charge in [-0.3, -0.25) is 10.1 Å². The van der Waals surface area contributed by atoms with Gasteiger partial charge < -0.3 is 10.2 Å². The monoisotopic (exact) mass is 231 g/mol. The molecule has 80 valence electrons. The number of rotatable bonds is 2. The molecule has 7 heteroatoms. The van der Waals surface area contributed by atoms with Crippen molar-refractivity contribution in [2.24, 2.45) is 0 Å². The van der Waals surface area contributed by atoms with Crippen molar-refractivity contribution in [3.8, 4) is 5.75 Å². The Balaban J connectivity index is 3.69. The molecule has 0 atom stereocenters. The molecule has 1 aromatic carbocycles. The standard InChI is InChI=1S/C8H6ClNO5/c1-3-2-4(9)6(10(14)15)5(7(3)11)8(12)13/h2,11H,1H3,(H,12,13). The number of hydrogen-bond donors (Lipinski definition) is 2. The molecule has 6 nitrogen and oxygen atoms in total. The fraction of sp³-hybridized carbons (Fsp3) is 0.125. The average molecular weight is 232 g/mol. The number of halogens is 1. The van der Waals surface area contributed by atoms with Crippen LogP contribution in [-0.4, -0.2) is 21.1 Å². The lowest BCUT2D eigenvalue weighted by atomic mass is 10.1. The predicted molar refractivity (Wildman–Crippen MR) is 51.5 cm³/mol. The molecule has 15 heavy (non-hydrogen) atoms. The second-order valence-corrected chi connectivity index (χ2v) is 3.22. The molecule has 0 spiro atoms. The van der Waals surface area contributed by atoms with Gasteiger partial charge in [-0.15, -0.1) is 0 Å². The number of hydrogen-bond acceptors (Lipinski definition) is 4. The van der Waals surface area contributed by atoms with Crippen LogP contribution in [0, 0.1) is 17.0 Å². The molecule has 1 aromatic rings. The fourth-order valence-corrected chi connectivity index (χ4v) is 1.46. The highest BCUT2D eigenvalue weighted by molar-refractivity contribution is 6.33. The number of nitro groups is 1. The smallest absolute Gasteiger partial charge is 0.346 e. The Morgan fingerprint density at radius 2 is 2.13 bits per heavy atom. The number of carboxylic acid groups (broad SMARTS) is 1. The van der Waals surface area contributed by atoms with Crippen LogP contribution in [0.1, 0.15) is 15.9 Å². The van der Waals surface area contributed by atoms with E-state index in [-0.39, 0.29) is 10.6 Å². The van der Waals surface area contributed by atoms with E-state index < -0.39 is 27.9 Å². The van der Waals surface area contributed by atoms with Crippen LogP contribution in [-0.2, 0) is 0 Å². The number of nitrogens with zero attached hydrogens (tertiary/aromatic N) is 1. The summed E-state index contributed by atoms with van der Waals surface area (Å²) >= 11 is 5.53. The molecule has 0 radical (unpaired) electrons. The summed E-state index contributed by atoms with van der Waals surface area (Å²) in [6.45, 7) is 1.40. The third-order valence-electron chi connectivity index (χ3n) is 1.81. The third-order valence-corrected chi connectivity index (χ3v) is 2.10. The molecule has 0 aliphatic carbocycles.